The van der Waals surface area contributed by atoms with Gasteiger partial charge in [0.2, 0.25) is 17.7 Å². The Balaban J connectivity index is 1.11. The largest absolute Gasteiger partial charge is 0.383 e. The highest BCUT2D eigenvalue weighted by Crippen LogP contribution is 2.68. The first-order chi connectivity index (χ1) is 23.9. The Morgan fingerprint density at radius 1 is 1.00 bits per heavy atom. The van der Waals surface area contributed by atoms with E-state index in [-0.39, 0.29) is 74.4 Å². The third-order valence-corrected chi connectivity index (χ3v) is 12.7. The number of aliphatic hydroxyl groups is 1. The zero-order valence-electron chi connectivity index (χ0n) is 30.4. The highest BCUT2D eigenvalue weighted by molar-refractivity contribution is 5.91. The van der Waals surface area contributed by atoms with Gasteiger partial charge in [-0.3, -0.25) is 24.2 Å². The fraction of sp³-hybridized carbons (Fsp3) is 0.778. The van der Waals surface area contributed by atoms with E-state index in [1.54, 1.807) is 0 Å². The van der Waals surface area contributed by atoms with Crippen LogP contribution in [0.4, 0.5) is 0 Å². The maximum absolute atomic E-state index is 13.1. The van der Waals surface area contributed by atoms with Crippen molar-refractivity contribution in [2.75, 3.05) is 73.2 Å². The summed E-state index contributed by atoms with van der Waals surface area (Å²) in [6.07, 6.45) is 12.2. The molecule has 5 rings (SSSR count). The van der Waals surface area contributed by atoms with E-state index < -0.39 is 11.5 Å². The lowest BCUT2D eigenvalue weighted by molar-refractivity contribution is -0.142. The number of hydrazine groups is 2. The highest BCUT2D eigenvalue weighted by atomic mass is 16.5. The second-order valence-electron chi connectivity index (χ2n) is 15.4. The zero-order valence-corrected chi connectivity index (χ0v) is 30.4. The van der Waals surface area contributed by atoms with Crippen LogP contribution in [0.1, 0.15) is 71.6 Å². The number of rotatable bonds is 17. The van der Waals surface area contributed by atoms with Gasteiger partial charge in [0.05, 0.1) is 38.5 Å². The quantitative estimate of drug-likeness (QED) is 0.136. The molecule has 0 radical (unpaired) electrons. The molecule has 5 aliphatic rings. The van der Waals surface area contributed by atoms with Crippen LogP contribution in [0.3, 0.4) is 0 Å². The lowest BCUT2D eigenvalue weighted by Gasteiger charge is -2.59. The number of ketones is 1. The molecule has 0 spiro atoms. The molecule has 50 heavy (non-hydrogen) atoms. The SMILES string of the molecule is COCCN(CC(N)=O)C(=O)CN(CCOC)C(=O)CNCCCN1C=C([C@]2(O)CCC3C4CCC5=CC(=O)CC[C@]5(C)C4CC[C@@]32C)NN1. The fourth-order valence-electron chi connectivity index (χ4n) is 9.82. The number of amides is 3. The first-order valence-corrected chi connectivity index (χ1v) is 18.4. The van der Waals surface area contributed by atoms with Gasteiger partial charge in [-0.25, -0.2) is 0 Å². The van der Waals surface area contributed by atoms with Gasteiger partial charge < -0.3 is 40.9 Å². The Morgan fingerprint density at radius 2 is 1.70 bits per heavy atom. The lowest BCUT2D eigenvalue weighted by Crippen LogP contribution is -2.56. The van der Waals surface area contributed by atoms with Gasteiger partial charge in [-0.2, -0.15) is 0 Å². The number of hydrogen-bond donors (Lipinski definition) is 5. The lowest BCUT2D eigenvalue weighted by atomic mass is 9.46. The summed E-state index contributed by atoms with van der Waals surface area (Å²) in [6, 6.07) is 0. The van der Waals surface area contributed by atoms with Crippen molar-refractivity contribution >= 4 is 23.5 Å². The van der Waals surface area contributed by atoms with E-state index in [4.69, 9.17) is 15.2 Å². The summed E-state index contributed by atoms with van der Waals surface area (Å²) >= 11 is 0. The minimum Gasteiger partial charge on any atom is -0.383 e. The molecular formula is C36H59N7O7. The minimum absolute atomic E-state index is 0.0476. The molecule has 0 saturated heterocycles. The van der Waals surface area contributed by atoms with Crippen molar-refractivity contribution in [3.63, 3.8) is 0 Å². The van der Waals surface area contributed by atoms with Crippen LogP contribution in [0.15, 0.2) is 23.5 Å². The second kappa shape index (κ2) is 16.1. The molecule has 4 aliphatic carbocycles. The molecule has 3 unspecified atom stereocenters. The maximum Gasteiger partial charge on any atom is 0.242 e. The summed E-state index contributed by atoms with van der Waals surface area (Å²) in [5.41, 5.74) is 12.9. The Hall–Kier alpha value is -3.04. The maximum atomic E-state index is 13.1. The van der Waals surface area contributed by atoms with Gasteiger partial charge in [0, 0.05) is 51.9 Å². The number of nitrogens with two attached hydrogens (primary N) is 1. The number of carbonyl (C=O) groups excluding carboxylic acids is 4. The number of carbonyl (C=O) groups is 4. The first-order valence-electron chi connectivity index (χ1n) is 18.4. The molecular weight excluding hydrogens is 642 g/mol. The minimum atomic E-state index is -0.950. The van der Waals surface area contributed by atoms with Crippen molar-refractivity contribution < 1.29 is 33.8 Å². The summed E-state index contributed by atoms with van der Waals surface area (Å²) in [7, 11) is 3.03. The topological polar surface area (TPSA) is 179 Å². The molecule has 3 amide bonds. The number of allylic oxidation sites excluding steroid dienone is 1. The van der Waals surface area contributed by atoms with Crippen LogP contribution in [-0.2, 0) is 28.7 Å². The normalized spacial score (nSPS) is 31.6. The molecule has 1 heterocycles. The smallest absolute Gasteiger partial charge is 0.242 e. The van der Waals surface area contributed by atoms with Gasteiger partial charge in [-0.05, 0) is 87.2 Å². The van der Waals surface area contributed by atoms with Crippen LogP contribution in [-0.4, -0.2) is 122 Å². The van der Waals surface area contributed by atoms with E-state index in [2.05, 4.69) is 30.1 Å². The summed E-state index contributed by atoms with van der Waals surface area (Å²) in [5.74, 6) is 0.581. The van der Waals surface area contributed by atoms with Gasteiger partial charge in [-0.15, -0.1) is 5.53 Å². The van der Waals surface area contributed by atoms with Crippen LogP contribution >= 0.6 is 0 Å². The molecule has 0 aromatic rings. The molecule has 0 aromatic heterocycles. The van der Waals surface area contributed by atoms with Crippen molar-refractivity contribution in [3.8, 4) is 0 Å². The molecule has 14 heteroatoms. The molecule has 280 valence electrons. The molecule has 14 nitrogen and oxygen atoms in total. The van der Waals surface area contributed by atoms with Crippen molar-refractivity contribution in [3.05, 3.63) is 23.5 Å². The Kier molecular flexibility index (Phi) is 12.3. The van der Waals surface area contributed by atoms with Crippen molar-refractivity contribution in [2.24, 2.45) is 34.3 Å². The Morgan fingerprint density at radius 3 is 2.40 bits per heavy atom. The van der Waals surface area contributed by atoms with Crippen LogP contribution in [0, 0.1) is 28.6 Å². The van der Waals surface area contributed by atoms with Gasteiger partial charge in [0.1, 0.15) is 5.60 Å². The number of methoxy groups -OCH3 is 2. The molecule has 3 saturated carbocycles. The number of primary amides is 1. The van der Waals surface area contributed by atoms with Crippen LogP contribution in [0.5, 0.6) is 0 Å². The molecule has 6 atom stereocenters. The third kappa shape index (κ3) is 7.74. The van der Waals surface area contributed by atoms with Gasteiger partial charge >= 0.3 is 0 Å². The van der Waals surface area contributed by atoms with Gasteiger partial charge in [0.25, 0.3) is 0 Å². The van der Waals surface area contributed by atoms with E-state index in [9.17, 15) is 24.3 Å². The number of fused-ring (bicyclic) bond motifs is 5. The van der Waals surface area contributed by atoms with Crippen LogP contribution < -0.4 is 22.0 Å². The summed E-state index contributed by atoms with van der Waals surface area (Å²) in [5, 5.41) is 17.5. The van der Waals surface area contributed by atoms with Crippen molar-refractivity contribution in [1.29, 1.82) is 0 Å². The Labute approximate surface area is 296 Å². The van der Waals surface area contributed by atoms with Crippen LogP contribution in [0.2, 0.25) is 0 Å². The second-order valence-corrected chi connectivity index (χ2v) is 15.4. The van der Waals surface area contributed by atoms with Crippen molar-refractivity contribution in [2.45, 2.75) is 77.2 Å². The van der Waals surface area contributed by atoms with Crippen LogP contribution in [0.25, 0.3) is 0 Å². The first kappa shape index (κ1) is 38.2. The summed E-state index contributed by atoms with van der Waals surface area (Å²) < 4.78 is 10.2. The molecule has 6 N–H and O–H groups in total. The average molecular weight is 702 g/mol. The standard InChI is InChI=1S/C36H59N7O7/c1-34-11-8-26(44)20-25(34)6-7-27-28(34)9-12-35(2)29(27)10-13-36(35,48)30-22-43(40-39-30)15-5-14-38-21-32(46)42(17-19-50-4)24-33(47)41(16-18-49-3)23-31(37)45/h20,22,27-29,38-40,48H,5-19,21,23-24H2,1-4H3,(H2,37,45)/t27?,28?,29?,34-,35-,36+/m0/s1. The molecule has 0 aromatic carbocycles. The number of nitrogens with one attached hydrogen (secondary N) is 3. The average Bonchev–Trinajstić information content (AvgIpc) is 3.67. The van der Waals surface area contributed by atoms with Gasteiger partial charge in [0.15, 0.2) is 5.78 Å². The summed E-state index contributed by atoms with van der Waals surface area (Å²) in [6.45, 7) is 6.45. The van der Waals surface area contributed by atoms with Crippen molar-refractivity contribution in [1.82, 2.24) is 31.1 Å². The van der Waals surface area contributed by atoms with E-state index in [0.29, 0.717) is 37.3 Å². The van der Waals surface area contributed by atoms with E-state index in [0.717, 1.165) is 57.1 Å². The predicted molar refractivity (Wildman–Crippen MR) is 186 cm³/mol. The van der Waals surface area contributed by atoms with Gasteiger partial charge in [-0.1, -0.05) is 19.4 Å². The third-order valence-electron chi connectivity index (χ3n) is 12.7. The fourth-order valence-corrected chi connectivity index (χ4v) is 9.82. The molecule has 3 fully saturated rings. The number of ether oxygens (including phenoxy) is 2. The molecule has 1 aliphatic heterocycles. The molecule has 0 bridgehead atoms. The van der Waals surface area contributed by atoms with E-state index >= 15 is 0 Å². The predicted octanol–water partition coefficient (Wildman–Crippen LogP) is 0.831. The highest BCUT2D eigenvalue weighted by Gasteiger charge is 2.65. The number of nitrogens with zero attached hydrogens (tertiary/aromatic N) is 3. The van der Waals surface area contributed by atoms with E-state index in [1.165, 1.54) is 29.6 Å². The zero-order chi connectivity index (χ0) is 36.1. The van der Waals surface area contributed by atoms with E-state index in [1.807, 2.05) is 17.3 Å². The Bertz CT molecular complexity index is 1340. The summed E-state index contributed by atoms with van der Waals surface area (Å²) in [4.78, 5) is 52.4. The monoisotopic (exact) mass is 701 g/mol. The number of hydrogen-bond acceptors (Lipinski definition) is 11.